The van der Waals surface area contributed by atoms with Crippen LogP contribution < -0.4 is 0 Å². The molecule has 1 N–H and O–H groups in total. The summed E-state index contributed by atoms with van der Waals surface area (Å²) in [6, 6.07) is 15.6. The Morgan fingerprint density at radius 3 is 2.04 bits per heavy atom. The van der Waals surface area contributed by atoms with Crippen LogP contribution in [0.5, 0.6) is 0 Å². The van der Waals surface area contributed by atoms with Crippen molar-refractivity contribution in [1.29, 1.82) is 0 Å². The highest BCUT2D eigenvalue weighted by Gasteiger charge is 2.32. The lowest BCUT2D eigenvalue weighted by Crippen LogP contribution is -2.51. The summed E-state index contributed by atoms with van der Waals surface area (Å²) in [5, 5.41) is 10.7. The van der Waals surface area contributed by atoms with E-state index in [0.717, 1.165) is 10.6 Å². The summed E-state index contributed by atoms with van der Waals surface area (Å²) in [6.45, 7) is 1.55. The number of benzene rings is 2. The van der Waals surface area contributed by atoms with E-state index in [0.29, 0.717) is 5.56 Å². The highest BCUT2D eigenvalue weighted by Crippen LogP contribution is 2.12. The highest BCUT2D eigenvalue weighted by atomic mass is 16.7. The molecule has 1 amide bonds. The van der Waals surface area contributed by atoms with Gasteiger partial charge in [0, 0.05) is 20.5 Å². The molecule has 7 heteroatoms. The van der Waals surface area contributed by atoms with Crippen LogP contribution in [-0.2, 0) is 20.8 Å². The molecule has 0 saturated carbocycles. The summed E-state index contributed by atoms with van der Waals surface area (Å²) in [5.74, 6) is -2.16. The standard InChI is InChI=1S/C21H24N2O5/c1-15(23(3)28-21(27)17-12-8-5-9-13-17)19(24)22(2)18(20(25)26)14-16-10-6-4-7-11-16/h4-13,15,18H,14H2,1-3H3,(H,25,26)/t15-,18-/m0/s1. The first kappa shape index (κ1) is 21.1. The van der Waals surface area contributed by atoms with E-state index in [1.54, 1.807) is 37.3 Å². The van der Waals surface area contributed by atoms with Gasteiger partial charge < -0.3 is 14.8 Å². The van der Waals surface area contributed by atoms with Crippen molar-refractivity contribution in [2.75, 3.05) is 14.1 Å². The average Bonchev–Trinajstić information content (AvgIpc) is 2.71. The number of amides is 1. The molecule has 0 fully saturated rings. The van der Waals surface area contributed by atoms with Gasteiger partial charge in [-0.05, 0) is 24.6 Å². The molecular formula is C21H24N2O5. The molecule has 0 saturated heterocycles. The van der Waals surface area contributed by atoms with E-state index in [4.69, 9.17) is 4.84 Å². The second-order valence-corrected chi connectivity index (χ2v) is 6.46. The van der Waals surface area contributed by atoms with Gasteiger partial charge in [-0.15, -0.1) is 5.06 Å². The molecule has 148 valence electrons. The number of rotatable bonds is 8. The van der Waals surface area contributed by atoms with Crippen LogP contribution in [0, 0.1) is 0 Å². The Balaban J connectivity index is 2.04. The van der Waals surface area contributed by atoms with Gasteiger partial charge in [-0.2, -0.15) is 0 Å². The second-order valence-electron chi connectivity index (χ2n) is 6.46. The fourth-order valence-electron chi connectivity index (χ4n) is 2.67. The monoisotopic (exact) mass is 384 g/mol. The molecule has 2 atom stereocenters. The lowest BCUT2D eigenvalue weighted by molar-refractivity contribution is -0.162. The third-order valence-electron chi connectivity index (χ3n) is 4.51. The fraction of sp³-hybridized carbons (Fsp3) is 0.286. The molecule has 0 aliphatic heterocycles. The maximum absolute atomic E-state index is 12.8. The Bertz CT molecular complexity index is 810. The van der Waals surface area contributed by atoms with Crippen LogP contribution >= 0.6 is 0 Å². The van der Waals surface area contributed by atoms with E-state index in [9.17, 15) is 19.5 Å². The van der Waals surface area contributed by atoms with Crippen molar-refractivity contribution in [3.63, 3.8) is 0 Å². The molecule has 2 rings (SSSR count). The normalized spacial score (nSPS) is 12.9. The molecule has 0 aromatic heterocycles. The number of carbonyl (C=O) groups excluding carboxylic acids is 2. The molecule has 0 bridgehead atoms. The first-order chi connectivity index (χ1) is 13.3. The van der Waals surface area contributed by atoms with Crippen LogP contribution in [0.1, 0.15) is 22.8 Å². The van der Waals surface area contributed by atoms with Gasteiger partial charge in [0.25, 0.3) is 0 Å². The molecular weight excluding hydrogens is 360 g/mol. The van der Waals surface area contributed by atoms with Crippen LogP contribution in [0.15, 0.2) is 60.7 Å². The van der Waals surface area contributed by atoms with Crippen LogP contribution in [0.3, 0.4) is 0 Å². The molecule has 0 spiro atoms. The zero-order chi connectivity index (χ0) is 20.7. The van der Waals surface area contributed by atoms with Crippen molar-refractivity contribution in [2.24, 2.45) is 0 Å². The number of nitrogens with zero attached hydrogens (tertiary/aromatic N) is 2. The Labute approximate surface area is 164 Å². The fourth-order valence-corrected chi connectivity index (χ4v) is 2.67. The molecule has 0 unspecified atom stereocenters. The molecule has 0 aliphatic rings. The van der Waals surface area contributed by atoms with Gasteiger partial charge in [0.05, 0.1) is 5.56 Å². The number of hydrogen-bond acceptors (Lipinski definition) is 5. The van der Waals surface area contributed by atoms with E-state index in [-0.39, 0.29) is 6.42 Å². The largest absolute Gasteiger partial charge is 0.480 e. The molecule has 2 aromatic rings. The van der Waals surface area contributed by atoms with Crippen LogP contribution in [0.25, 0.3) is 0 Å². The van der Waals surface area contributed by atoms with Crippen molar-refractivity contribution in [3.8, 4) is 0 Å². The Morgan fingerprint density at radius 2 is 1.50 bits per heavy atom. The van der Waals surface area contributed by atoms with E-state index in [1.807, 2.05) is 30.3 Å². The van der Waals surface area contributed by atoms with Gasteiger partial charge in [0.2, 0.25) is 5.91 Å². The third kappa shape index (κ3) is 5.40. The topological polar surface area (TPSA) is 87.2 Å². The van der Waals surface area contributed by atoms with Crippen molar-refractivity contribution in [3.05, 3.63) is 71.8 Å². The molecule has 2 aromatic carbocycles. The summed E-state index contributed by atoms with van der Waals surface area (Å²) in [6.07, 6.45) is 0.179. The van der Waals surface area contributed by atoms with Crippen LogP contribution in [0.2, 0.25) is 0 Å². The minimum absolute atomic E-state index is 0.179. The Hall–Kier alpha value is -3.19. The predicted octanol–water partition coefficient (Wildman–Crippen LogP) is 2.23. The molecule has 0 aliphatic carbocycles. The van der Waals surface area contributed by atoms with Gasteiger partial charge in [0.1, 0.15) is 12.1 Å². The van der Waals surface area contributed by atoms with Gasteiger partial charge in [-0.1, -0.05) is 48.5 Å². The molecule has 28 heavy (non-hydrogen) atoms. The first-order valence-corrected chi connectivity index (χ1v) is 8.84. The minimum Gasteiger partial charge on any atom is -0.480 e. The number of carboxylic acid groups (broad SMARTS) is 1. The maximum atomic E-state index is 12.8. The number of aliphatic carboxylic acids is 1. The lowest BCUT2D eigenvalue weighted by atomic mass is 10.0. The van der Waals surface area contributed by atoms with E-state index in [1.165, 1.54) is 19.0 Å². The van der Waals surface area contributed by atoms with Crippen molar-refractivity contribution >= 4 is 17.8 Å². The number of likely N-dealkylation sites (N-methyl/N-ethyl adjacent to an activating group) is 2. The third-order valence-corrected chi connectivity index (χ3v) is 4.51. The summed E-state index contributed by atoms with van der Waals surface area (Å²) >= 11 is 0. The zero-order valence-corrected chi connectivity index (χ0v) is 16.1. The van der Waals surface area contributed by atoms with E-state index >= 15 is 0 Å². The number of carboxylic acids is 1. The number of hydrogen-bond donors (Lipinski definition) is 1. The number of carbonyl (C=O) groups is 3. The Morgan fingerprint density at radius 1 is 0.964 bits per heavy atom. The van der Waals surface area contributed by atoms with Crippen molar-refractivity contribution in [1.82, 2.24) is 9.96 Å². The number of hydroxylamine groups is 2. The summed E-state index contributed by atoms with van der Waals surface area (Å²) in [4.78, 5) is 43.0. The molecule has 7 nitrogen and oxygen atoms in total. The highest BCUT2D eigenvalue weighted by molar-refractivity contribution is 5.90. The Kier molecular flexibility index (Phi) is 7.28. The van der Waals surface area contributed by atoms with Gasteiger partial charge in [-0.25, -0.2) is 9.59 Å². The van der Waals surface area contributed by atoms with E-state index in [2.05, 4.69) is 0 Å². The first-order valence-electron chi connectivity index (χ1n) is 8.84. The quantitative estimate of drug-likeness (QED) is 0.703. The van der Waals surface area contributed by atoms with Crippen LogP contribution in [-0.4, -0.2) is 59.1 Å². The van der Waals surface area contributed by atoms with Gasteiger partial charge in [0.15, 0.2) is 0 Å². The summed E-state index contributed by atoms with van der Waals surface area (Å²) in [7, 11) is 2.90. The zero-order valence-electron chi connectivity index (χ0n) is 16.1. The SMILES string of the molecule is C[C@@H](C(=O)N(C)[C@@H](Cc1ccccc1)C(=O)O)N(C)OC(=O)c1ccccc1. The van der Waals surface area contributed by atoms with Crippen LogP contribution in [0.4, 0.5) is 0 Å². The second kappa shape index (κ2) is 9.66. The minimum atomic E-state index is -1.10. The smallest absolute Gasteiger partial charge is 0.357 e. The average molecular weight is 384 g/mol. The van der Waals surface area contributed by atoms with Crippen molar-refractivity contribution < 1.29 is 24.3 Å². The van der Waals surface area contributed by atoms with Gasteiger partial charge >= 0.3 is 11.9 Å². The predicted molar refractivity (Wildman–Crippen MR) is 103 cm³/mol. The summed E-state index contributed by atoms with van der Waals surface area (Å²) < 4.78 is 0. The molecule has 0 radical (unpaired) electrons. The summed E-state index contributed by atoms with van der Waals surface area (Å²) in [5.41, 5.74) is 1.17. The van der Waals surface area contributed by atoms with Gasteiger partial charge in [-0.3, -0.25) is 4.79 Å². The molecule has 0 heterocycles. The lowest BCUT2D eigenvalue weighted by Gasteiger charge is -2.30. The van der Waals surface area contributed by atoms with E-state index < -0.39 is 29.9 Å². The van der Waals surface area contributed by atoms with Crippen molar-refractivity contribution in [2.45, 2.75) is 25.4 Å². The maximum Gasteiger partial charge on any atom is 0.357 e.